The molecule has 0 saturated heterocycles. The lowest BCUT2D eigenvalue weighted by Gasteiger charge is -2.11. The second-order valence-corrected chi connectivity index (χ2v) is 5.49. The molecule has 0 aliphatic rings. The van der Waals surface area contributed by atoms with Gasteiger partial charge in [-0.2, -0.15) is 0 Å². The summed E-state index contributed by atoms with van der Waals surface area (Å²) in [4.78, 5) is 11.9. The van der Waals surface area contributed by atoms with E-state index in [9.17, 15) is 18.0 Å². The molecule has 0 aromatic heterocycles. The van der Waals surface area contributed by atoms with Crippen LogP contribution in [0.1, 0.15) is 5.56 Å². The summed E-state index contributed by atoms with van der Waals surface area (Å²) in [5.74, 6) is -0.357. The fourth-order valence-electron chi connectivity index (χ4n) is 1.75. The minimum Gasteiger partial charge on any atom is -0.406 e. The van der Waals surface area contributed by atoms with Crippen molar-refractivity contribution in [2.24, 2.45) is 0 Å². The molecule has 0 spiro atoms. The molecule has 0 saturated carbocycles. The molecule has 2 aromatic rings. The van der Waals surface area contributed by atoms with Crippen LogP contribution >= 0.6 is 15.9 Å². The Morgan fingerprint density at radius 3 is 2.30 bits per heavy atom. The molecule has 0 fully saturated rings. The Labute approximate surface area is 138 Å². The van der Waals surface area contributed by atoms with Crippen molar-refractivity contribution in [3.63, 3.8) is 0 Å². The lowest BCUT2D eigenvalue weighted by molar-refractivity contribution is -0.274. The lowest BCUT2D eigenvalue weighted by atomic mass is 10.2. The normalized spacial score (nSPS) is 11.0. The maximum atomic E-state index is 12.1. The largest absolute Gasteiger partial charge is 0.573 e. The van der Waals surface area contributed by atoms with E-state index >= 15 is 0 Å². The molecule has 0 bridgehead atoms. The molecular formula is C15H12BrF3N2O2. The van der Waals surface area contributed by atoms with Gasteiger partial charge in [-0.15, -0.1) is 13.2 Å². The Morgan fingerprint density at radius 2 is 1.74 bits per heavy atom. The number of rotatable bonds is 3. The van der Waals surface area contributed by atoms with Gasteiger partial charge in [-0.05, 0) is 64.8 Å². The van der Waals surface area contributed by atoms with Crippen molar-refractivity contribution >= 4 is 33.3 Å². The van der Waals surface area contributed by atoms with E-state index in [0.717, 1.165) is 22.2 Å². The Bertz CT molecular complexity index is 703. The van der Waals surface area contributed by atoms with Crippen LogP contribution in [-0.4, -0.2) is 12.4 Å². The molecular weight excluding hydrogens is 377 g/mol. The van der Waals surface area contributed by atoms with E-state index in [1.807, 2.05) is 19.1 Å². The van der Waals surface area contributed by atoms with E-state index in [1.54, 1.807) is 6.07 Å². The van der Waals surface area contributed by atoms with Gasteiger partial charge < -0.3 is 15.4 Å². The summed E-state index contributed by atoms with van der Waals surface area (Å²) in [7, 11) is 0. The number of carbonyl (C=O) groups is 1. The number of carbonyl (C=O) groups excluding carboxylic acids is 1. The monoisotopic (exact) mass is 388 g/mol. The molecule has 4 nitrogen and oxygen atoms in total. The van der Waals surface area contributed by atoms with Gasteiger partial charge in [0, 0.05) is 10.2 Å². The molecule has 0 aliphatic carbocycles. The fraction of sp³-hybridized carbons (Fsp3) is 0.133. The number of amides is 2. The standard InChI is InChI=1S/C15H12BrF3N2O2/c1-9-2-7-13(12(16)8-9)21-14(22)20-10-3-5-11(6-4-10)23-15(17,18)19/h2-8H,1H3,(H2,20,21,22). The summed E-state index contributed by atoms with van der Waals surface area (Å²) >= 11 is 3.33. The topological polar surface area (TPSA) is 50.4 Å². The van der Waals surface area contributed by atoms with Crippen molar-refractivity contribution < 1.29 is 22.7 Å². The van der Waals surface area contributed by atoms with Crippen LogP contribution in [-0.2, 0) is 0 Å². The van der Waals surface area contributed by atoms with Crippen LogP contribution in [0.5, 0.6) is 5.75 Å². The molecule has 8 heteroatoms. The third kappa shape index (κ3) is 5.48. The quantitative estimate of drug-likeness (QED) is 0.749. The molecule has 0 unspecified atom stereocenters. The van der Waals surface area contributed by atoms with Crippen molar-refractivity contribution in [3.05, 3.63) is 52.5 Å². The summed E-state index contributed by atoms with van der Waals surface area (Å²) in [6, 6.07) is 9.76. The van der Waals surface area contributed by atoms with Gasteiger partial charge in [0.25, 0.3) is 0 Å². The number of hydrogen-bond acceptors (Lipinski definition) is 2. The average Bonchev–Trinajstić information content (AvgIpc) is 2.42. The van der Waals surface area contributed by atoms with Crippen molar-refractivity contribution in [2.45, 2.75) is 13.3 Å². The minimum atomic E-state index is -4.75. The average molecular weight is 389 g/mol. The molecule has 2 aromatic carbocycles. The first-order valence-corrected chi connectivity index (χ1v) is 7.22. The van der Waals surface area contributed by atoms with Gasteiger partial charge in [0.15, 0.2) is 0 Å². The number of aryl methyl sites for hydroxylation is 1. The number of benzene rings is 2. The summed E-state index contributed by atoms with van der Waals surface area (Å²) in [5, 5.41) is 5.15. The van der Waals surface area contributed by atoms with Crippen LogP contribution in [0.15, 0.2) is 46.9 Å². The second kappa shape index (κ2) is 6.91. The van der Waals surface area contributed by atoms with Crippen LogP contribution in [0.25, 0.3) is 0 Å². The molecule has 23 heavy (non-hydrogen) atoms. The van der Waals surface area contributed by atoms with Crippen LogP contribution < -0.4 is 15.4 Å². The number of anilines is 2. The van der Waals surface area contributed by atoms with Gasteiger partial charge >= 0.3 is 12.4 Å². The highest BCUT2D eigenvalue weighted by molar-refractivity contribution is 9.10. The van der Waals surface area contributed by atoms with E-state index in [-0.39, 0.29) is 5.75 Å². The van der Waals surface area contributed by atoms with Crippen LogP contribution in [0.4, 0.5) is 29.3 Å². The fourth-order valence-corrected chi connectivity index (χ4v) is 2.34. The van der Waals surface area contributed by atoms with Gasteiger partial charge in [0.1, 0.15) is 5.75 Å². The third-order valence-corrected chi connectivity index (χ3v) is 3.37. The summed E-state index contributed by atoms with van der Waals surface area (Å²) in [5.41, 5.74) is 1.94. The number of urea groups is 1. The number of ether oxygens (including phenoxy) is 1. The highest BCUT2D eigenvalue weighted by Gasteiger charge is 2.30. The van der Waals surface area contributed by atoms with E-state index in [4.69, 9.17) is 0 Å². The van der Waals surface area contributed by atoms with Crippen molar-refractivity contribution in [1.29, 1.82) is 0 Å². The minimum absolute atomic E-state index is 0.334. The zero-order chi connectivity index (χ0) is 17.0. The molecule has 0 aliphatic heterocycles. The predicted octanol–water partition coefficient (Wildman–Crippen LogP) is 5.30. The van der Waals surface area contributed by atoms with E-state index < -0.39 is 12.4 Å². The van der Waals surface area contributed by atoms with Gasteiger partial charge in [-0.25, -0.2) is 4.79 Å². The molecule has 2 N–H and O–H groups in total. The van der Waals surface area contributed by atoms with Gasteiger partial charge in [0.05, 0.1) is 5.69 Å². The van der Waals surface area contributed by atoms with Gasteiger partial charge in [-0.3, -0.25) is 0 Å². The summed E-state index contributed by atoms with van der Waals surface area (Å²) in [6.07, 6.45) is -4.75. The first kappa shape index (κ1) is 17.1. The van der Waals surface area contributed by atoms with Gasteiger partial charge in [0.2, 0.25) is 0 Å². The predicted molar refractivity (Wildman–Crippen MR) is 84.6 cm³/mol. The summed E-state index contributed by atoms with van der Waals surface area (Å²) in [6.45, 7) is 1.92. The van der Waals surface area contributed by atoms with Gasteiger partial charge in [-0.1, -0.05) is 6.07 Å². The third-order valence-electron chi connectivity index (χ3n) is 2.72. The van der Waals surface area contributed by atoms with Crippen molar-refractivity contribution in [3.8, 4) is 5.75 Å². The second-order valence-electron chi connectivity index (χ2n) is 4.63. The summed E-state index contributed by atoms with van der Waals surface area (Å²) < 4.78 is 40.6. The van der Waals surface area contributed by atoms with Crippen LogP contribution in [0.3, 0.4) is 0 Å². The molecule has 0 atom stereocenters. The molecule has 122 valence electrons. The highest BCUT2D eigenvalue weighted by atomic mass is 79.9. The van der Waals surface area contributed by atoms with Crippen LogP contribution in [0, 0.1) is 6.92 Å². The first-order valence-electron chi connectivity index (χ1n) is 6.43. The molecule has 2 rings (SSSR count). The molecule has 2 amide bonds. The number of alkyl halides is 3. The lowest BCUT2D eigenvalue weighted by Crippen LogP contribution is -2.20. The first-order chi connectivity index (χ1) is 10.7. The molecule has 0 radical (unpaired) electrons. The smallest absolute Gasteiger partial charge is 0.406 e. The van der Waals surface area contributed by atoms with E-state index in [0.29, 0.717) is 11.4 Å². The van der Waals surface area contributed by atoms with Crippen LogP contribution in [0.2, 0.25) is 0 Å². The zero-order valence-electron chi connectivity index (χ0n) is 11.9. The Morgan fingerprint density at radius 1 is 1.09 bits per heavy atom. The molecule has 0 heterocycles. The highest BCUT2D eigenvalue weighted by Crippen LogP contribution is 2.25. The number of nitrogens with one attached hydrogen (secondary N) is 2. The van der Waals surface area contributed by atoms with Crippen molar-refractivity contribution in [1.82, 2.24) is 0 Å². The number of halogens is 4. The Hall–Kier alpha value is -2.22. The maximum Gasteiger partial charge on any atom is 0.573 e. The van der Waals surface area contributed by atoms with E-state index in [2.05, 4.69) is 31.3 Å². The number of hydrogen-bond donors (Lipinski definition) is 2. The Kier molecular flexibility index (Phi) is 5.15. The SMILES string of the molecule is Cc1ccc(NC(=O)Nc2ccc(OC(F)(F)F)cc2)c(Br)c1. The van der Waals surface area contributed by atoms with Crippen molar-refractivity contribution in [2.75, 3.05) is 10.6 Å². The Balaban J connectivity index is 1.97. The van der Waals surface area contributed by atoms with E-state index in [1.165, 1.54) is 12.1 Å². The maximum absolute atomic E-state index is 12.1. The zero-order valence-corrected chi connectivity index (χ0v) is 13.5.